The van der Waals surface area contributed by atoms with Gasteiger partial charge in [-0.25, -0.2) is 8.42 Å². The van der Waals surface area contributed by atoms with Crippen molar-refractivity contribution in [1.29, 1.82) is 0 Å². The second-order valence-corrected chi connectivity index (χ2v) is 14.8. The van der Waals surface area contributed by atoms with Crippen molar-refractivity contribution in [2.75, 3.05) is 25.1 Å². The van der Waals surface area contributed by atoms with Gasteiger partial charge in [-0.05, 0) is 68.3 Å². The lowest BCUT2D eigenvalue weighted by molar-refractivity contribution is -0.140. The number of hydrogen-bond acceptors (Lipinski definition) is 6. The summed E-state index contributed by atoms with van der Waals surface area (Å²) in [5.74, 6) is -0.497. The molecule has 0 spiro atoms. The number of carbonyl (C=O) groups is 2. The number of halogens is 2. The van der Waals surface area contributed by atoms with E-state index in [1.165, 1.54) is 37.3 Å². The molecular weight excluding hydrogens is 673 g/mol. The summed E-state index contributed by atoms with van der Waals surface area (Å²) in [6.45, 7) is 4.80. The van der Waals surface area contributed by atoms with E-state index in [-0.39, 0.29) is 34.3 Å². The Morgan fingerprint density at radius 3 is 2.04 bits per heavy atom. The van der Waals surface area contributed by atoms with Crippen molar-refractivity contribution >= 4 is 50.7 Å². The Labute approximate surface area is 292 Å². The number of methoxy groups -OCH3 is 2. The van der Waals surface area contributed by atoms with E-state index < -0.39 is 40.0 Å². The molecule has 1 atom stereocenters. The van der Waals surface area contributed by atoms with Gasteiger partial charge in [0, 0.05) is 24.6 Å². The molecule has 48 heavy (non-hydrogen) atoms. The number of nitrogens with zero attached hydrogens (tertiary/aromatic N) is 2. The Morgan fingerprint density at radius 1 is 0.812 bits per heavy atom. The molecule has 0 fully saturated rings. The van der Waals surface area contributed by atoms with Gasteiger partial charge in [0.25, 0.3) is 10.0 Å². The first-order valence-corrected chi connectivity index (χ1v) is 17.3. The Balaban J connectivity index is 1.89. The standard InChI is InChI=1S/C36H39Cl2N3O6S/c1-36(2,3)39-35(43)32(21-25-12-8-6-9-13-25)40(23-26-16-18-29(37)30(38)20-26)34(42)24-41(48(44,45)28-14-10-7-11-15-28)31-22-27(46-4)17-19-33(31)47-5/h6-20,22,32H,21,23-24H2,1-5H3,(H,39,43). The van der Waals surface area contributed by atoms with E-state index in [0.717, 1.165) is 9.87 Å². The van der Waals surface area contributed by atoms with Crippen LogP contribution in [-0.2, 0) is 32.6 Å². The average Bonchev–Trinajstić information content (AvgIpc) is 3.06. The molecule has 0 saturated carbocycles. The van der Waals surface area contributed by atoms with Crippen LogP contribution in [0.4, 0.5) is 5.69 Å². The molecule has 9 nitrogen and oxygen atoms in total. The monoisotopic (exact) mass is 711 g/mol. The third-order valence-electron chi connectivity index (χ3n) is 7.37. The van der Waals surface area contributed by atoms with Gasteiger partial charge in [-0.2, -0.15) is 0 Å². The summed E-state index contributed by atoms with van der Waals surface area (Å²) in [4.78, 5) is 30.1. The van der Waals surface area contributed by atoms with Gasteiger partial charge in [-0.15, -0.1) is 0 Å². The molecule has 1 N–H and O–H groups in total. The fourth-order valence-corrected chi connectivity index (χ4v) is 6.82. The molecule has 0 aliphatic heterocycles. The lowest BCUT2D eigenvalue weighted by Gasteiger charge is -2.35. The fraction of sp³-hybridized carbons (Fsp3) is 0.278. The van der Waals surface area contributed by atoms with Crippen molar-refractivity contribution in [2.24, 2.45) is 0 Å². The predicted molar refractivity (Wildman–Crippen MR) is 189 cm³/mol. The maximum absolute atomic E-state index is 14.7. The van der Waals surface area contributed by atoms with Crippen molar-refractivity contribution in [1.82, 2.24) is 10.2 Å². The smallest absolute Gasteiger partial charge is 0.264 e. The van der Waals surface area contributed by atoms with Crippen molar-refractivity contribution in [3.05, 3.63) is 118 Å². The average molecular weight is 713 g/mol. The molecule has 0 saturated heterocycles. The Morgan fingerprint density at radius 2 is 1.46 bits per heavy atom. The van der Waals surface area contributed by atoms with Crippen LogP contribution in [-0.4, -0.2) is 57.5 Å². The minimum absolute atomic E-state index is 0.0370. The fourth-order valence-electron chi connectivity index (χ4n) is 5.07. The highest BCUT2D eigenvalue weighted by Gasteiger charge is 2.36. The number of rotatable bonds is 13. The van der Waals surface area contributed by atoms with Crippen LogP contribution in [0.25, 0.3) is 0 Å². The van der Waals surface area contributed by atoms with E-state index in [1.54, 1.807) is 48.5 Å². The van der Waals surface area contributed by atoms with E-state index in [0.29, 0.717) is 16.3 Å². The van der Waals surface area contributed by atoms with Gasteiger partial charge in [0.15, 0.2) is 0 Å². The highest BCUT2D eigenvalue weighted by Crippen LogP contribution is 2.36. The van der Waals surface area contributed by atoms with Crippen molar-refractivity contribution < 1.29 is 27.5 Å². The first-order valence-electron chi connectivity index (χ1n) is 15.1. The first kappa shape index (κ1) is 36.6. The molecular formula is C36H39Cl2N3O6S. The van der Waals surface area contributed by atoms with Crippen LogP contribution in [0.3, 0.4) is 0 Å². The summed E-state index contributed by atoms with van der Waals surface area (Å²) in [5.41, 5.74) is 0.862. The third kappa shape index (κ3) is 9.21. The number of nitrogens with one attached hydrogen (secondary N) is 1. The second-order valence-electron chi connectivity index (χ2n) is 12.1. The number of hydrogen-bond donors (Lipinski definition) is 1. The van der Waals surface area contributed by atoms with E-state index in [1.807, 2.05) is 51.1 Å². The largest absolute Gasteiger partial charge is 0.497 e. The Hall–Kier alpha value is -4.25. The van der Waals surface area contributed by atoms with Gasteiger partial charge in [-0.1, -0.05) is 77.8 Å². The van der Waals surface area contributed by atoms with Crippen LogP contribution in [0.2, 0.25) is 10.0 Å². The van der Waals surface area contributed by atoms with Crippen LogP contribution in [0.15, 0.2) is 102 Å². The van der Waals surface area contributed by atoms with Crippen molar-refractivity contribution in [3.63, 3.8) is 0 Å². The van der Waals surface area contributed by atoms with Gasteiger partial charge in [-0.3, -0.25) is 13.9 Å². The molecule has 1 unspecified atom stereocenters. The Bertz CT molecular complexity index is 1830. The summed E-state index contributed by atoms with van der Waals surface area (Å²) in [5, 5.41) is 3.61. The summed E-state index contributed by atoms with van der Waals surface area (Å²) in [7, 11) is -1.49. The lowest BCUT2D eigenvalue weighted by atomic mass is 10.0. The quantitative estimate of drug-likeness (QED) is 0.164. The molecule has 0 aliphatic rings. The zero-order valence-electron chi connectivity index (χ0n) is 27.4. The number of ether oxygens (including phenoxy) is 2. The molecule has 0 heterocycles. The molecule has 2 amide bonds. The second kappa shape index (κ2) is 15.8. The normalized spacial score (nSPS) is 12.1. The number of anilines is 1. The van der Waals surface area contributed by atoms with E-state index in [9.17, 15) is 18.0 Å². The summed E-state index contributed by atoms with van der Waals surface area (Å²) < 4.78 is 40.6. The number of benzene rings is 4. The molecule has 0 bridgehead atoms. The highest BCUT2D eigenvalue weighted by atomic mass is 35.5. The molecule has 0 radical (unpaired) electrons. The summed E-state index contributed by atoms with van der Waals surface area (Å²) in [6.07, 6.45) is 0.156. The van der Waals surface area contributed by atoms with E-state index in [4.69, 9.17) is 32.7 Å². The van der Waals surface area contributed by atoms with Crippen molar-refractivity contribution in [3.8, 4) is 11.5 Å². The van der Waals surface area contributed by atoms with Gasteiger partial charge in [0.2, 0.25) is 11.8 Å². The number of amides is 2. The van der Waals surface area contributed by atoms with E-state index >= 15 is 0 Å². The summed E-state index contributed by atoms with van der Waals surface area (Å²) >= 11 is 12.6. The van der Waals surface area contributed by atoms with Gasteiger partial charge in [0.05, 0.1) is 34.8 Å². The minimum atomic E-state index is -4.35. The third-order valence-corrected chi connectivity index (χ3v) is 9.88. The molecule has 0 aliphatic carbocycles. The number of sulfonamides is 1. The molecule has 0 aromatic heterocycles. The molecule has 4 rings (SSSR count). The van der Waals surface area contributed by atoms with E-state index in [2.05, 4.69) is 5.32 Å². The van der Waals surface area contributed by atoms with Crippen molar-refractivity contribution in [2.45, 2.75) is 50.2 Å². The maximum Gasteiger partial charge on any atom is 0.264 e. The van der Waals surface area contributed by atoms with Crippen LogP contribution in [0.1, 0.15) is 31.9 Å². The maximum atomic E-state index is 14.7. The first-order chi connectivity index (χ1) is 22.7. The molecule has 12 heteroatoms. The zero-order valence-corrected chi connectivity index (χ0v) is 29.8. The Kier molecular flexibility index (Phi) is 12.0. The van der Waals surface area contributed by atoms with Gasteiger partial charge >= 0.3 is 0 Å². The SMILES string of the molecule is COc1ccc(OC)c(N(CC(=O)N(Cc2ccc(Cl)c(Cl)c2)C(Cc2ccccc2)C(=O)NC(C)(C)C)S(=O)(=O)c2ccccc2)c1. The number of carbonyl (C=O) groups excluding carboxylic acids is 2. The lowest BCUT2D eigenvalue weighted by Crippen LogP contribution is -2.56. The predicted octanol–water partition coefficient (Wildman–Crippen LogP) is 6.76. The molecule has 4 aromatic rings. The minimum Gasteiger partial charge on any atom is -0.497 e. The molecule has 254 valence electrons. The van der Waals surface area contributed by atoms with Crippen LogP contribution < -0.4 is 19.1 Å². The van der Waals surface area contributed by atoms with Crippen LogP contribution >= 0.6 is 23.2 Å². The van der Waals surface area contributed by atoms with Crippen LogP contribution in [0.5, 0.6) is 11.5 Å². The summed E-state index contributed by atoms with van der Waals surface area (Å²) in [6, 6.07) is 25.7. The zero-order chi connectivity index (χ0) is 35.1. The van der Waals surface area contributed by atoms with Gasteiger partial charge < -0.3 is 19.7 Å². The van der Waals surface area contributed by atoms with Crippen LogP contribution in [0, 0.1) is 0 Å². The molecule has 4 aromatic carbocycles. The highest BCUT2D eigenvalue weighted by molar-refractivity contribution is 7.92. The topological polar surface area (TPSA) is 105 Å². The van der Waals surface area contributed by atoms with Gasteiger partial charge in [0.1, 0.15) is 24.1 Å².